The van der Waals surface area contributed by atoms with Crippen LogP contribution in [0.4, 0.5) is 32.0 Å². The monoisotopic (exact) mass is 898 g/mol. The Labute approximate surface area is 354 Å². The summed E-state index contributed by atoms with van der Waals surface area (Å²) < 4.78 is 116. The van der Waals surface area contributed by atoms with Crippen molar-refractivity contribution >= 4 is 42.9 Å². The minimum absolute atomic E-state index is 0.108. The fraction of sp³-hybridized carbons (Fsp3) is 0.452. The van der Waals surface area contributed by atoms with Gasteiger partial charge in [-0.25, -0.2) is 9.56 Å². The molecule has 3 aromatic rings. The number of ether oxygens (including phenoxy) is 1. The first-order valence-corrected chi connectivity index (χ1v) is 20.8. The number of primary amides is 1. The summed E-state index contributed by atoms with van der Waals surface area (Å²) in [5.41, 5.74) is 4.99. The molecule has 3 N–H and O–H groups in total. The number of nitrogens with one attached hydrogen (secondary N) is 1. The third-order valence-electron chi connectivity index (χ3n) is 8.81. The van der Waals surface area contributed by atoms with Crippen LogP contribution in [0.25, 0.3) is 0 Å². The number of carbonyl (C=O) groups is 4. The molecule has 0 saturated carbocycles. The highest BCUT2D eigenvalue weighted by Gasteiger charge is 2.42. The number of benzodiazepines with no additional fused rings is 1. The first kappa shape index (κ1) is 49.4. The molecule has 0 saturated heterocycles. The number of halogens is 6. The topological polar surface area (TPSA) is 176 Å². The number of para-hydroxylation sites is 1. The summed E-state index contributed by atoms with van der Waals surface area (Å²) in [4.78, 5) is 59.3. The maximum atomic E-state index is 14.4. The Balaban J connectivity index is 1.62. The third-order valence-corrected chi connectivity index (χ3v) is 10.8. The van der Waals surface area contributed by atoms with E-state index in [2.05, 4.69) is 10.3 Å². The standard InChI is InChI=1S/C42H49F6N4O9P/c1-39(2,3)60-62(57,61-40(4,5)6)59-28-18-16-26(17-19-28)24-33(53)58-25-52-32-15-11-10-14-31(32)34(27-12-8-7-9-13-27)50-36(38(52)56)51-37(55)30(21-23-42(46,47)48)29(35(49)54)20-22-41(43,44)45/h7-19,29-30,36H,20-25H2,1-6H3,(H2,49,54)(H,51,55)/t29-,30+,36?/m0/s1. The van der Waals surface area contributed by atoms with Gasteiger partial charge in [0.25, 0.3) is 5.91 Å². The first-order chi connectivity index (χ1) is 28.6. The van der Waals surface area contributed by atoms with Crippen molar-refractivity contribution in [1.82, 2.24) is 5.32 Å². The number of nitrogens with two attached hydrogens (primary N) is 1. The van der Waals surface area contributed by atoms with Crippen molar-refractivity contribution in [2.24, 2.45) is 22.6 Å². The van der Waals surface area contributed by atoms with E-state index in [1.165, 1.54) is 30.3 Å². The van der Waals surface area contributed by atoms with Crippen LogP contribution in [-0.4, -0.2) is 65.9 Å². The molecule has 0 fully saturated rings. The minimum atomic E-state index is -4.87. The van der Waals surface area contributed by atoms with Gasteiger partial charge < -0.3 is 20.3 Å². The second-order valence-electron chi connectivity index (χ2n) is 16.4. The first-order valence-electron chi connectivity index (χ1n) is 19.3. The Kier molecular flexibility index (Phi) is 15.8. The number of fused-ring (bicyclic) bond motifs is 1. The van der Waals surface area contributed by atoms with E-state index in [1.807, 2.05) is 0 Å². The fourth-order valence-corrected chi connectivity index (χ4v) is 8.13. The van der Waals surface area contributed by atoms with Gasteiger partial charge in [-0.1, -0.05) is 60.7 Å². The third kappa shape index (κ3) is 15.3. The van der Waals surface area contributed by atoms with E-state index < -0.39 is 105 Å². The molecule has 0 spiro atoms. The Hall–Kier alpha value is -5.26. The second kappa shape index (κ2) is 19.8. The molecule has 20 heteroatoms. The van der Waals surface area contributed by atoms with Gasteiger partial charge >= 0.3 is 26.1 Å². The SMILES string of the molecule is CC(C)(C)OP(=O)(Oc1ccc(CC(=O)OCN2C(=O)C(NC(=O)[C@H](CCC(F)(F)F)[C@H](CCC(F)(F)F)C(N)=O)N=C(c3ccccc3)c3ccccc32)cc1)OC(C)(C)C. The molecule has 0 aromatic heterocycles. The average Bonchev–Trinajstić information content (AvgIpc) is 3.24. The van der Waals surface area contributed by atoms with E-state index in [-0.39, 0.29) is 23.6 Å². The van der Waals surface area contributed by atoms with Crippen LogP contribution in [0.2, 0.25) is 0 Å². The Morgan fingerprint density at radius 2 is 1.32 bits per heavy atom. The summed E-state index contributed by atoms with van der Waals surface area (Å²) in [7, 11) is -4.13. The summed E-state index contributed by atoms with van der Waals surface area (Å²) in [5.74, 6) is -8.62. The fourth-order valence-electron chi connectivity index (χ4n) is 6.30. The molecular weight excluding hydrogens is 849 g/mol. The largest absolute Gasteiger partial charge is 0.531 e. The zero-order chi connectivity index (χ0) is 46.3. The van der Waals surface area contributed by atoms with Crippen molar-refractivity contribution in [3.05, 3.63) is 95.6 Å². The zero-order valence-corrected chi connectivity index (χ0v) is 35.7. The summed E-state index contributed by atoms with van der Waals surface area (Å²) in [6, 6.07) is 20.4. The summed E-state index contributed by atoms with van der Waals surface area (Å²) in [5, 5.41) is 2.25. The van der Waals surface area contributed by atoms with Crippen LogP contribution in [0, 0.1) is 11.8 Å². The smallest absolute Gasteiger partial charge is 0.444 e. The van der Waals surface area contributed by atoms with Gasteiger partial charge in [0.15, 0.2) is 6.73 Å². The van der Waals surface area contributed by atoms with Gasteiger partial charge in [-0.15, -0.1) is 0 Å². The van der Waals surface area contributed by atoms with Gasteiger partial charge in [-0.05, 0) is 78.1 Å². The Morgan fingerprint density at radius 1 is 0.790 bits per heavy atom. The lowest BCUT2D eigenvalue weighted by atomic mass is 9.83. The summed E-state index contributed by atoms with van der Waals surface area (Å²) in [6.07, 6.45) is -17.5. The number of hydrogen-bond acceptors (Lipinski definition) is 10. The summed E-state index contributed by atoms with van der Waals surface area (Å²) in [6.45, 7) is 9.31. The normalized spacial score (nSPS) is 16.1. The molecule has 1 heterocycles. The van der Waals surface area contributed by atoms with Crippen LogP contribution in [0.1, 0.15) is 83.9 Å². The van der Waals surface area contributed by atoms with E-state index in [9.17, 15) is 50.1 Å². The van der Waals surface area contributed by atoms with Gasteiger partial charge in [-0.3, -0.25) is 33.1 Å². The number of phosphoric acid groups is 1. The van der Waals surface area contributed by atoms with Gasteiger partial charge in [0, 0.05) is 35.8 Å². The molecule has 3 amide bonds. The number of alkyl halides is 6. The highest BCUT2D eigenvalue weighted by Crippen LogP contribution is 2.55. The number of amides is 3. The van der Waals surface area contributed by atoms with Crippen LogP contribution in [-0.2, 0) is 43.9 Å². The molecule has 3 aromatic carbocycles. The molecule has 0 aliphatic carbocycles. The van der Waals surface area contributed by atoms with Gasteiger partial charge in [-0.2, -0.15) is 26.3 Å². The molecule has 1 unspecified atom stereocenters. The number of anilines is 1. The number of carbonyl (C=O) groups excluding carboxylic acids is 4. The van der Waals surface area contributed by atoms with Crippen LogP contribution >= 0.6 is 7.82 Å². The number of esters is 1. The van der Waals surface area contributed by atoms with Gasteiger partial charge in [0.2, 0.25) is 18.0 Å². The maximum Gasteiger partial charge on any atom is 0.531 e. The molecule has 1 aliphatic heterocycles. The molecule has 13 nitrogen and oxygen atoms in total. The van der Waals surface area contributed by atoms with Crippen LogP contribution in [0.3, 0.4) is 0 Å². The van der Waals surface area contributed by atoms with Crippen LogP contribution < -0.4 is 20.5 Å². The lowest BCUT2D eigenvalue weighted by molar-refractivity contribution is -0.152. The van der Waals surface area contributed by atoms with Crippen molar-refractivity contribution in [2.75, 3.05) is 11.6 Å². The van der Waals surface area contributed by atoms with Crippen molar-refractivity contribution in [2.45, 2.75) is 103 Å². The van der Waals surface area contributed by atoms with Gasteiger partial charge in [0.05, 0.1) is 29.0 Å². The van der Waals surface area contributed by atoms with Crippen molar-refractivity contribution < 1.29 is 68.4 Å². The molecule has 0 radical (unpaired) electrons. The lowest BCUT2D eigenvalue weighted by Crippen LogP contribution is -2.51. The predicted molar refractivity (Wildman–Crippen MR) is 216 cm³/mol. The van der Waals surface area contributed by atoms with E-state index in [0.29, 0.717) is 16.7 Å². The number of phosphoric ester groups is 1. The number of rotatable bonds is 17. The minimum Gasteiger partial charge on any atom is -0.444 e. The quantitative estimate of drug-likeness (QED) is 0.0764. The predicted octanol–water partition coefficient (Wildman–Crippen LogP) is 8.58. The van der Waals surface area contributed by atoms with Crippen molar-refractivity contribution in [1.29, 1.82) is 0 Å². The van der Waals surface area contributed by atoms with Crippen LogP contribution in [0.5, 0.6) is 5.75 Å². The number of nitrogens with zero attached hydrogens (tertiary/aromatic N) is 2. The molecule has 62 heavy (non-hydrogen) atoms. The van der Waals surface area contributed by atoms with E-state index in [0.717, 1.165) is 4.90 Å². The highest BCUT2D eigenvalue weighted by atomic mass is 31.2. The molecular formula is C42H49F6N4O9P. The van der Waals surface area contributed by atoms with E-state index >= 15 is 0 Å². The number of hydrogen-bond donors (Lipinski definition) is 2. The number of benzene rings is 3. The van der Waals surface area contributed by atoms with Crippen LogP contribution in [0.15, 0.2) is 83.9 Å². The maximum absolute atomic E-state index is 14.4. The van der Waals surface area contributed by atoms with Crippen molar-refractivity contribution in [3.63, 3.8) is 0 Å². The molecule has 338 valence electrons. The zero-order valence-electron chi connectivity index (χ0n) is 34.8. The molecule has 0 bridgehead atoms. The lowest BCUT2D eigenvalue weighted by Gasteiger charge is -2.30. The Morgan fingerprint density at radius 3 is 1.85 bits per heavy atom. The van der Waals surface area contributed by atoms with E-state index in [1.54, 1.807) is 90.1 Å². The average molecular weight is 899 g/mol. The van der Waals surface area contributed by atoms with Crippen molar-refractivity contribution in [3.8, 4) is 5.75 Å². The highest BCUT2D eigenvalue weighted by molar-refractivity contribution is 7.49. The number of aliphatic imine (C=N–C) groups is 1. The second-order valence-corrected chi connectivity index (χ2v) is 17.8. The van der Waals surface area contributed by atoms with Gasteiger partial charge in [0.1, 0.15) is 5.75 Å². The van der Waals surface area contributed by atoms with E-state index in [4.69, 9.17) is 24.0 Å². The molecule has 4 rings (SSSR count). The molecule has 1 aliphatic rings. The Bertz CT molecular complexity index is 2120. The summed E-state index contributed by atoms with van der Waals surface area (Å²) >= 11 is 0. The molecule has 3 atom stereocenters.